The molecule has 1 heteroatoms. The lowest BCUT2D eigenvalue weighted by Crippen LogP contribution is -2.16. The highest BCUT2D eigenvalue weighted by atomic mass is 16.5. The van der Waals surface area contributed by atoms with Gasteiger partial charge in [0.15, 0.2) is 0 Å². The number of hydrogen-bond acceptors (Lipinski definition) is 1. The molecule has 1 saturated carbocycles. The zero-order valence-electron chi connectivity index (χ0n) is 7.99. The summed E-state index contributed by atoms with van der Waals surface area (Å²) in [6.45, 7) is 2.30. The highest BCUT2D eigenvalue weighted by molar-refractivity contribution is 5.09. The molecule has 1 fully saturated rings. The van der Waals surface area contributed by atoms with Crippen molar-refractivity contribution in [2.75, 3.05) is 7.11 Å². The van der Waals surface area contributed by atoms with E-state index in [1.165, 1.54) is 19.3 Å². The summed E-state index contributed by atoms with van der Waals surface area (Å²) in [4.78, 5) is 0. The van der Waals surface area contributed by atoms with E-state index in [0.29, 0.717) is 6.10 Å². The predicted molar refractivity (Wildman–Crippen MR) is 49.9 cm³/mol. The minimum absolute atomic E-state index is 0.513. The first-order chi connectivity index (χ1) is 5.86. The lowest BCUT2D eigenvalue weighted by Gasteiger charge is -2.16. The molecule has 2 aliphatic rings. The molecular weight excluding hydrogens is 148 g/mol. The van der Waals surface area contributed by atoms with E-state index in [-0.39, 0.29) is 0 Å². The molecule has 0 aromatic heterocycles. The fraction of sp³-hybridized carbons (Fsp3) is 0.818. The summed E-state index contributed by atoms with van der Waals surface area (Å²) in [6, 6.07) is 0. The summed E-state index contributed by atoms with van der Waals surface area (Å²) < 4.78 is 5.51. The Morgan fingerprint density at radius 2 is 2.33 bits per heavy atom. The Morgan fingerprint density at radius 1 is 1.50 bits per heavy atom. The Morgan fingerprint density at radius 3 is 3.00 bits per heavy atom. The van der Waals surface area contributed by atoms with Crippen LogP contribution in [0.3, 0.4) is 0 Å². The van der Waals surface area contributed by atoms with E-state index in [9.17, 15) is 0 Å². The van der Waals surface area contributed by atoms with E-state index < -0.39 is 0 Å². The summed E-state index contributed by atoms with van der Waals surface area (Å²) in [5.41, 5.74) is 0. The fourth-order valence-electron chi connectivity index (χ4n) is 2.95. The van der Waals surface area contributed by atoms with Crippen molar-refractivity contribution in [3.63, 3.8) is 0 Å². The van der Waals surface area contributed by atoms with Crippen LogP contribution in [-0.4, -0.2) is 13.2 Å². The lowest BCUT2D eigenvalue weighted by molar-refractivity contribution is 0.0804. The zero-order chi connectivity index (χ0) is 8.55. The topological polar surface area (TPSA) is 9.23 Å². The van der Waals surface area contributed by atoms with Gasteiger partial charge < -0.3 is 4.74 Å². The minimum atomic E-state index is 0.513. The van der Waals surface area contributed by atoms with E-state index in [0.717, 1.165) is 17.8 Å². The van der Waals surface area contributed by atoms with Gasteiger partial charge in [0, 0.05) is 13.0 Å². The van der Waals surface area contributed by atoms with Crippen LogP contribution in [0.15, 0.2) is 12.2 Å². The van der Waals surface area contributed by atoms with E-state index in [1.807, 2.05) is 7.11 Å². The number of fused-ring (bicyclic) bond motifs is 1. The first-order valence-electron chi connectivity index (χ1n) is 5.06. The number of ether oxygens (including phenoxy) is 1. The molecule has 0 heterocycles. The molecule has 2 rings (SSSR count). The Kier molecular flexibility index (Phi) is 2.22. The summed E-state index contributed by atoms with van der Waals surface area (Å²) in [5, 5.41) is 0. The van der Waals surface area contributed by atoms with Crippen molar-refractivity contribution in [3.8, 4) is 0 Å². The molecule has 0 spiro atoms. The van der Waals surface area contributed by atoms with E-state index in [1.54, 1.807) is 0 Å². The number of methoxy groups -OCH3 is 1. The van der Waals surface area contributed by atoms with Crippen molar-refractivity contribution in [2.45, 2.75) is 32.3 Å². The van der Waals surface area contributed by atoms with Crippen molar-refractivity contribution in [3.05, 3.63) is 12.2 Å². The predicted octanol–water partition coefficient (Wildman–Crippen LogP) is 2.62. The zero-order valence-corrected chi connectivity index (χ0v) is 7.99. The Bertz CT molecular complexity index is 185. The molecule has 0 N–H and O–H groups in total. The van der Waals surface area contributed by atoms with E-state index in [4.69, 9.17) is 4.74 Å². The van der Waals surface area contributed by atoms with Crippen LogP contribution in [0.1, 0.15) is 26.2 Å². The van der Waals surface area contributed by atoms with Crippen molar-refractivity contribution >= 4 is 0 Å². The number of allylic oxidation sites excluding steroid dienone is 1. The average Bonchev–Trinajstić information content (AvgIpc) is 2.63. The van der Waals surface area contributed by atoms with Gasteiger partial charge in [-0.2, -0.15) is 0 Å². The van der Waals surface area contributed by atoms with Gasteiger partial charge in [-0.25, -0.2) is 0 Å². The Balaban J connectivity index is 2.09. The van der Waals surface area contributed by atoms with E-state index >= 15 is 0 Å². The summed E-state index contributed by atoms with van der Waals surface area (Å²) >= 11 is 0. The SMILES string of the molecule is CCC1CC(OC)C2C=CCC12. The molecule has 2 aliphatic carbocycles. The van der Waals surface area contributed by atoms with Gasteiger partial charge in [-0.1, -0.05) is 25.5 Å². The normalized spacial score (nSPS) is 45.2. The van der Waals surface area contributed by atoms with Gasteiger partial charge in [0.2, 0.25) is 0 Å². The molecule has 0 amide bonds. The molecule has 0 aliphatic heterocycles. The van der Waals surface area contributed by atoms with Crippen molar-refractivity contribution in [2.24, 2.45) is 17.8 Å². The van der Waals surface area contributed by atoms with Gasteiger partial charge >= 0.3 is 0 Å². The van der Waals surface area contributed by atoms with Crippen LogP contribution in [0, 0.1) is 17.8 Å². The monoisotopic (exact) mass is 166 g/mol. The highest BCUT2D eigenvalue weighted by Crippen LogP contribution is 2.46. The molecule has 0 bridgehead atoms. The molecule has 12 heavy (non-hydrogen) atoms. The second-order valence-electron chi connectivity index (χ2n) is 4.08. The van der Waals surface area contributed by atoms with Crippen LogP contribution >= 0.6 is 0 Å². The van der Waals surface area contributed by atoms with Crippen molar-refractivity contribution in [1.29, 1.82) is 0 Å². The van der Waals surface area contributed by atoms with Crippen LogP contribution in [0.5, 0.6) is 0 Å². The largest absolute Gasteiger partial charge is 0.381 e. The fourth-order valence-corrected chi connectivity index (χ4v) is 2.95. The molecule has 0 aromatic rings. The van der Waals surface area contributed by atoms with E-state index in [2.05, 4.69) is 19.1 Å². The average molecular weight is 166 g/mol. The Hall–Kier alpha value is -0.300. The summed E-state index contributed by atoms with van der Waals surface area (Å²) in [7, 11) is 1.85. The maximum absolute atomic E-state index is 5.51. The lowest BCUT2D eigenvalue weighted by atomic mass is 9.89. The second kappa shape index (κ2) is 3.21. The molecule has 0 saturated heterocycles. The summed E-state index contributed by atoms with van der Waals surface area (Å²) in [5.74, 6) is 2.55. The van der Waals surface area contributed by atoms with Crippen molar-refractivity contribution in [1.82, 2.24) is 0 Å². The number of hydrogen-bond donors (Lipinski definition) is 0. The molecule has 4 atom stereocenters. The first-order valence-corrected chi connectivity index (χ1v) is 5.06. The third-order valence-corrected chi connectivity index (χ3v) is 3.66. The third kappa shape index (κ3) is 1.11. The second-order valence-corrected chi connectivity index (χ2v) is 4.08. The smallest absolute Gasteiger partial charge is 0.0639 e. The van der Waals surface area contributed by atoms with Gasteiger partial charge in [-0.15, -0.1) is 0 Å². The first kappa shape index (κ1) is 8.31. The van der Waals surface area contributed by atoms with Gasteiger partial charge in [0.05, 0.1) is 6.10 Å². The molecule has 0 aromatic carbocycles. The van der Waals surface area contributed by atoms with Crippen LogP contribution in [0.25, 0.3) is 0 Å². The summed E-state index contributed by atoms with van der Waals surface area (Å²) in [6.07, 6.45) is 9.12. The van der Waals surface area contributed by atoms with Crippen LogP contribution in [0.4, 0.5) is 0 Å². The standard InChI is InChI=1S/C11H18O/c1-3-8-7-11(12-2)10-6-4-5-9(8)10/h4,6,8-11H,3,5,7H2,1-2H3. The van der Waals surface area contributed by atoms with Gasteiger partial charge in [-0.3, -0.25) is 0 Å². The van der Waals surface area contributed by atoms with Crippen LogP contribution in [0.2, 0.25) is 0 Å². The Labute approximate surface area is 74.8 Å². The molecule has 68 valence electrons. The minimum Gasteiger partial charge on any atom is -0.381 e. The van der Waals surface area contributed by atoms with Crippen molar-refractivity contribution < 1.29 is 4.74 Å². The molecule has 0 radical (unpaired) electrons. The maximum atomic E-state index is 5.51. The van der Waals surface area contributed by atoms with Crippen LogP contribution < -0.4 is 0 Å². The third-order valence-electron chi connectivity index (χ3n) is 3.66. The highest BCUT2D eigenvalue weighted by Gasteiger charge is 2.42. The van der Waals surface area contributed by atoms with Crippen LogP contribution in [-0.2, 0) is 4.74 Å². The molecule has 4 unspecified atom stereocenters. The van der Waals surface area contributed by atoms with Gasteiger partial charge in [0.25, 0.3) is 0 Å². The number of rotatable bonds is 2. The van der Waals surface area contributed by atoms with Gasteiger partial charge in [-0.05, 0) is 24.7 Å². The molecular formula is C11H18O. The van der Waals surface area contributed by atoms with Gasteiger partial charge in [0.1, 0.15) is 0 Å². The maximum Gasteiger partial charge on any atom is 0.0639 e. The molecule has 1 nitrogen and oxygen atoms in total. The quantitative estimate of drug-likeness (QED) is 0.573.